The Morgan fingerprint density at radius 3 is 2.33 bits per heavy atom. The number of hydrogen-bond donors (Lipinski definition) is 0. The Kier molecular flexibility index (Phi) is 6.27. The molecule has 39 heavy (non-hydrogen) atoms. The normalized spacial score (nSPS) is 43.9. The Bertz CT molecular complexity index is 1230. The van der Waals surface area contributed by atoms with Crippen LogP contribution in [0.3, 0.4) is 0 Å². The fourth-order valence-corrected chi connectivity index (χ4v) is 10.5. The molecule has 5 nitrogen and oxygen atoms in total. The zero-order valence-electron chi connectivity index (χ0n) is 25.3. The van der Waals surface area contributed by atoms with Crippen LogP contribution in [0.1, 0.15) is 107 Å². The van der Waals surface area contributed by atoms with Crippen LogP contribution in [0.2, 0.25) is 0 Å². The van der Waals surface area contributed by atoms with Gasteiger partial charge in [0.15, 0.2) is 11.6 Å². The van der Waals surface area contributed by atoms with Gasteiger partial charge in [-0.25, -0.2) is 4.85 Å². The minimum absolute atomic E-state index is 0.0179. The molecular formula is C34H47NO4. The quantitative estimate of drug-likeness (QED) is 0.278. The minimum atomic E-state index is -0.641. The van der Waals surface area contributed by atoms with Crippen LogP contribution >= 0.6 is 0 Å². The van der Waals surface area contributed by atoms with Crippen molar-refractivity contribution in [1.82, 2.24) is 0 Å². The van der Waals surface area contributed by atoms with Crippen molar-refractivity contribution in [2.24, 2.45) is 50.2 Å². The molecule has 0 heterocycles. The summed E-state index contributed by atoms with van der Waals surface area (Å²) in [7, 11) is 0. The Balaban J connectivity index is 1.63. The molecule has 7 atom stereocenters. The van der Waals surface area contributed by atoms with Crippen molar-refractivity contribution in [3.05, 3.63) is 34.8 Å². The Hall–Kier alpha value is -2.22. The van der Waals surface area contributed by atoms with Gasteiger partial charge in [-0.15, -0.1) is 0 Å². The van der Waals surface area contributed by atoms with E-state index < -0.39 is 10.8 Å². The fraction of sp³-hybridized carbons (Fsp3) is 0.765. The third-order valence-electron chi connectivity index (χ3n) is 12.9. The van der Waals surface area contributed by atoms with Crippen molar-refractivity contribution in [3.63, 3.8) is 0 Å². The molecule has 3 fully saturated rings. The SMILES string of the molecule is [C-]#[N+]C1=C[C@]2(C)C3=CC(=O)[C@@H]4[C@@H]5CC(C)(C)CC[C@]5(CCOC(C)=O)CC[C@@]4(C)[C@]3(C)CC[C@H]2C(C)(C)C1=O. The van der Waals surface area contributed by atoms with Crippen LogP contribution in [-0.4, -0.2) is 24.1 Å². The molecule has 0 aromatic heterocycles. The number of carbonyl (C=O) groups is 3. The van der Waals surface area contributed by atoms with E-state index in [9.17, 15) is 14.4 Å². The van der Waals surface area contributed by atoms with Crippen molar-refractivity contribution in [2.45, 2.75) is 107 Å². The molecule has 0 bridgehead atoms. The van der Waals surface area contributed by atoms with Gasteiger partial charge in [0.25, 0.3) is 0 Å². The average Bonchev–Trinajstić information content (AvgIpc) is 2.83. The molecule has 0 N–H and O–H groups in total. The van der Waals surface area contributed by atoms with E-state index in [-0.39, 0.29) is 62.6 Å². The highest BCUT2D eigenvalue weighted by atomic mass is 16.5. The zero-order valence-corrected chi connectivity index (χ0v) is 25.3. The topological polar surface area (TPSA) is 64.8 Å². The first kappa shape index (κ1) is 28.3. The molecule has 5 rings (SSSR count). The molecule has 5 aliphatic carbocycles. The van der Waals surface area contributed by atoms with Crippen LogP contribution in [-0.2, 0) is 19.1 Å². The maximum atomic E-state index is 14.5. The third kappa shape index (κ3) is 3.79. The lowest BCUT2D eigenvalue weighted by atomic mass is 9.34. The van der Waals surface area contributed by atoms with Crippen LogP contribution < -0.4 is 0 Å². The maximum Gasteiger partial charge on any atom is 0.302 e. The largest absolute Gasteiger partial charge is 0.466 e. The second-order valence-electron chi connectivity index (χ2n) is 15.7. The van der Waals surface area contributed by atoms with Crippen molar-refractivity contribution in [1.29, 1.82) is 0 Å². The summed E-state index contributed by atoms with van der Waals surface area (Å²) in [6, 6.07) is 0. The molecule has 0 spiro atoms. The van der Waals surface area contributed by atoms with Crippen molar-refractivity contribution >= 4 is 17.5 Å². The van der Waals surface area contributed by atoms with Crippen molar-refractivity contribution in [3.8, 4) is 0 Å². The lowest BCUT2D eigenvalue weighted by molar-refractivity contribution is -0.175. The van der Waals surface area contributed by atoms with E-state index in [4.69, 9.17) is 11.3 Å². The first-order valence-corrected chi connectivity index (χ1v) is 15.0. The molecule has 5 heteroatoms. The first-order valence-electron chi connectivity index (χ1n) is 15.0. The molecule has 0 amide bonds. The van der Waals surface area contributed by atoms with Crippen molar-refractivity contribution in [2.75, 3.05) is 6.61 Å². The highest BCUT2D eigenvalue weighted by Crippen LogP contribution is 2.74. The molecular weight excluding hydrogens is 486 g/mol. The fourth-order valence-electron chi connectivity index (χ4n) is 10.5. The second-order valence-corrected chi connectivity index (χ2v) is 15.7. The van der Waals surface area contributed by atoms with E-state index in [2.05, 4.69) is 39.5 Å². The number of esters is 1. The maximum absolute atomic E-state index is 14.5. The number of allylic oxidation sites excluding steroid dienone is 4. The standard InChI is InChI=1S/C34H47NO4/c1-21(36)39-17-16-34-14-12-29(2,3)19-22(34)27-24(37)18-26-31(6)20-23(35-9)28(38)30(4,5)25(31)10-11-32(26,7)33(27,8)13-15-34/h18,20,22,25,27H,10-17,19H2,1-8H3/t22-,25-,27-,31-,32+,33+,34+/m0/s1. The number of Topliss-reactive ketones (excluding diaryl/α,β-unsaturated/α-hetero) is 1. The van der Waals surface area contributed by atoms with E-state index in [1.807, 2.05) is 26.0 Å². The summed E-state index contributed by atoms with van der Waals surface area (Å²) in [5.74, 6) is 0.185. The van der Waals surface area contributed by atoms with E-state index >= 15 is 0 Å². The summed E-state index contributed by atoms with van der Waals surface area (Å²) in [5, 5.41) is 0. The van der Waals surface area contributed by atoms with Gasteiger partial charge < -0.3 is 9.53 Å². The molecule has 0 saturated heterocycles. The smallest absolute Gasteiger partial charge is 0.302 e. The summed E-state index contributed by atoms with van der Waals surface area (Å²) in [6.07, 6.45) is 11.8. The number of rotatable bonds is 3. The van der Waals surface area contributed by atoms with Gasteiger partial charge in [-0.05, 0) is 90.9 Å². The number of nitrogens with zero attached hydrogens (tertiary/aromatic N) is 1. The number of ketones is 2. The number of hydrogen-bond acceptors (Lipinski definition) is 4. The Labute approximate surface area is 235 Å². The predicted molar refractivity (Wildman–Crippen MR) is 151 cm³/mol. The Morgan fingerprint density at radius 1 is 1.03 bits per heavy atom. The Morgan fingerprint density at radius 2 is 1.69 bits per heavy atom. The molecule has 5 aliphatic rings. The van der Waals surface area contributed by atoms with E-state index in [0.29, 0.717) is 6.61 Å². The monoisotopic (exact) mass is 533 g/mol. The minimum Gasteiger partial charge on any atom is -0.466 e. The van der Waals surface area contributed by atoms with Gasteiger partial charge in [0.1, 0.15) is 0 Å². The molecule has 0 aromatic rings. The number of ether oxygens (including phenoxy) is 1. The summed E-state index contributed by atoms with van der Waals surface area (Å²) >= 11 is 0. The van der Waals surface area contributed by atoms with Crippen LogP contribution in [0.4, 0.5) is 0 Å². The van der Waals surface area contributed by atoms with Crippen LogP contribution in [0.5, 0.6) is 0 Å². The lowest BCUT2D eigenvalue weighted by Crippen LogP contribution is -2.64. The van der Waals surface area contributed by atoms with Gasteiger partial charge in [0, 0.05) is 23.7 Å². The highest BCUT2D eigenvalue weighted by Gasteiger charge is 2.69. The van der Waals surface area contributed by atoms with E-state index in [1.54, 1.807) is 0 Å². The third-order valence-corrected chi connectivity index (χ3v) is 12.9. The summed E-state index contributed by atoms with van der Waals surface area (Å²) < 4.78 is 5.46. The van der Waals surface area contributed by atoms with Crippen LogP contribution in [0, 0.1) is 56.8 Å². The van der Waals surface area contributed by atoms with Gasteiger partial charge in [-0.2, -0.15) is 0 Å². The summed E-state index contributed by atoms with van der Waals surface area (Å²) in [5.41, 5.74) is 0.0314. The lowest BCUT2D eigenvalue weighted by Gasteiger charge is -2.69. The second kappa shape index (κ2) is 8.64. The molecule has 0 radical (unpaired) electrons. The van der Waals surface area contributed by atoms with E-state index in [0.717, 1.165) is 56.9 Å². The summed E-state index contributed by atoms with van der Waals surface area (Å²) in [6.45, 7) is 25.3. The zero-order chi connectivity index (χ0) is 28.8. The van der Waals surface area contributed by atoms with Gasteiger partial charge in [-0.1, -0.05) is 60.1 Å². The first-order chi connectivity index (χ1) is 18.0. The van der Waals surface area contributed by atoms with Crippen LogP contribution in [0.15, 0.2) is 23.4 Å². The number of fused-ring (bicyclic) bond motifs is 7. The number of carbonyl (C=O) groups excluding carboxylic acids is 3. The van der Waals surface area contributed by atoms with E-state index in [1.165, 1.54) is 6.92 Å². The summed E-state index contributed by atoms with van der Waals surface area (Å²) in [4.78, 5) is 43.0. The predicted octanol–water partition coefficient (Wildman–Crippen LogP) is 7.51. The molecule has 212 valence electrons. The average molecular weight is 534 g/mol. The van der Waals surface area contributed by atoms with Gasteiger partial charge in [-0.3, -0.25) is 9.59 Å². The molecule has 0 aromatic carbocycles. The van der Waals surface area contributed by atoms with Crippen molar-refractivity contribution < 1.29 is 19.1 Å². The van der Waals surface area contributed by atoms with Gasteiger partial charge in [0.05, 0.1) is 13.2 Å². The van der Waals surface area contributed by atoms with Gasteiger partial charge >= 0.3 is 5.97 Å². The highest BCUT2D eigenvalue weighted by molar-refractivity contribution is 6.03. The van der Waals surface area contributed by atoms with Gasteiger partial charge in [0.2, 0.25) is 5.70 Å². The molecule has 0 unspecified atom stereocenters. The molecule has 3 saturated carbocycles. The van der Waals surface area contributed by atoms with Crippen LogP contribution in [0.25, 0.3) is 4.85 Å². The molecule has 0 aliphatic heterocycles.